The van der Waals surface area contributed by atoms with Gasteiger partial charge in [0.1, 0.15) is 0 Å². The Hall–Kier alpha value is -1.39. The van der Waals surface area contributed by atoms with E-state index in [-0.39, 0.29) is 26.3 Å². The number of rotatable bonds is 5. The highest BCUT2D eigenvalue weighted by Gasteiger charge is 2.55. The lowest BCUT2D eigenvalue weighted by Crippen LogP contribution is -2.47. The lowest BCUT2D eigenvalue weighted by atomic mass is 9.92. The van der Waals surface area contributed by atoms with E-state index in [4.69, 9.17) is 40.5 Å². The van der Waals surface area contributed by atoms with Gasteiger partial charge in [0.2, 0.25) is 5.60 Å². The number of hydrogen-bond donors (Lipinski definition) is 3. The second kappa shape index (κ2) is 8.39. The van der Waals surface area contributed by atoms with Gasteiger partial charge in [-0.05, 0) is 35.4 Å². The molecule has 0 amide bonds. The van der Waals surface area contributed by atoms with Crippen molar-refractivity contribution in [2.75, 3.05) is 11.9 Å². The van der Waals surface area contributed by atoms with Crippen molar-refractivity contribution < 1.29 is 31.4 Å². The van der Waals surface area contributed by atoms with Gasteiger partial charge in [-0.2, -0.15) is 26.3 Å². The summed E-state index contributed by atoms with van der Waals surface area (Å²) in [6.45, 7) is -1.63. The maximum Gasteiger partial charge on any atom is 0.423 e. The fraction of sp³-hybridized carbons (Fsp3) is 0.294. The molecule has 2 aromatic carbocycles. The quantitative estimate of drug-likeness (QED) is 0.363. The zero-order chi connectivity index (χ0) is 22.2. The maximum atomic E-state index is 13.6. The number of hydrogen-bond acceptors (Lipinski definition) is 3. The SMILES string of the molecule is NCc1ccc(NC[C@@](O)(c2cc(Cl)c(Cl)c(Cl)c2)C(F)(F)F)cc1C(F)(F)F. The number of benzene rings is 2. The molecule has 0 spiro atoms. The molecular weight excluding hydrogens is 469 g/mol. The smallest absolute Gasteiger partial charge is 0.381 e. The van der Waals surface area contributed by atoms with Crippen LogP contribution in [0.4, 0.5) is 32.0 Å². The van der Waals surface area contributed by atoms with E-state index >= 15 is 0 Å². The van der Waals surface area contributed by atoms with Crippen LogP contribution in [0.15, 0.2) is 30.3 Å². The zero-order valence-electron chi connectivity index (χ0n) is 14.2. The summed E-state index contributed by atoms with van der Waals surface area (Å²) in [7, 11) is 0. The van der Waals surface area contributed by atoms with E-state index in [0.29, 0.717) is 6.07 Å². The summed E-state index contributed by atoms with van der Waals surface area (Å²) in [6.07, 6.45) is -9.98. The fourth-order valence-corrected chi connectivity index (χ4v) is 3.11. The minimum absolute atomic E-state index is 0.207. The van der Waals surface area contributed by atoms with E-state index in [0.717, 1.165) is 24.3 Å². The van der Waals surface area contributed by atoms with Crippen LogP contribution in [0.3, 0.4) is 0 Å². The van der Waals surface area contributed by atoms with Gasteiger partial charge in [0.15, 0.2) is 0 Å². The molecule has 4 N–H and O–H groups in total. The van der Waals surface area contributed by atoms with Gasteiger partial charge < -0.3 is 16.2 Å². The van der Waals surface area contributed by atoms with E-state index in [1.54, 1.807) is 0 Å². The molecule has 2 rings (SSSR count). The van der Waals surface area contributed by atoms with Crippen molar-refractivity contribution in [3.8, 4) is 0 Å². The third kappa shape index (κ3) is 5.03. The second-order valence-corrected chi connectivity index (χ2v) is 7.23. The van der Waals surface area contributed by atoms with Crippen molar-refractivity contribution in [1.82, 2.24) is 0 Å². The summed E-state index contributed by atoms with van der Waals surface area (Å²) in [5.74, 6) is 0. The minimum Gasteiger partial charge on any atom is -0.381 e. The molecule has 0 radical (unpaired) electrons. The topological polar surface area (TPSA) is 58.3 Å². The summed E-state index contributed by atoms with van der Waals surface area (Å²) < 4.78 is 80.3. The van der Waals surface area contributed by atoms with Crippen LogP contribution in [-0.2, 0) is 18.3 Å². The van der Waals surface area contributed by atoms with Crippen LogP contribution in [0.25, 0.3) is 0 Å². The van der Waals surface area contributed by atoms with Crippen LogP contribution in [0, 0.1) is 0 Å². The fourth-order valence-electron chi connectivity index (χ4n) is 2.52. The first-order valence-electron chi connectivity index (χ1n) is 7.79. The van der Waals surface area contributed by atoms with Crippen molar-refractivity contribution in [3.63, 3.8) is 0 Å². The van der Waals surface area contributed by atoms with Crippen LogP contribution < -0.4 is 11.1 Å². The van der Waals surface area contributed by atoms with E-state index in [9.17, 15) is 31.4 Å². The molecule has 0 aliphatic carbocycles. The number of aliphatic hydroxyl groups is 1. The van der Waals surface area contributed by atoms with Crippen LogP contribution in [-0.4, -0.2) is 17.8 Å². The summed E-state index contributed by atoms with van der Waals surface area (Å²) >= 11 is 17.2. The number of halogens is 9. The van der Waals surface area contributed by atoms with Crippen LogP contribution in [0.1, 0.15) is 16.7 Å². The van der Waals surface area contributed by atoms with E-state index in [2.05, 4.69) is 5.32 Å². The number of anilines is 1. The van der Waals surface area contributed by atoms with Gasteiger partial charge in [-0.25, -0.2) is 0 Å². The first-order valence-corrected chi connectivity index (χ1v) is 8.92. The standard InChI is InChI=1S/C17H13Cl3F6N2O/c18-12-3-9(4-13(19)14(12)20)15(29,17(24,25)26)7-28-10-2-1-8(6-27)11(5-10)16(21,22)23/h1-5,28-29H,6-7,27H2/t15-/m1/s1. The van der Waals surface area contributed by atoms with E-state index < -0.39 is 42.2 Å². The molecule has 0 saturated heterocycles. The predicted octanol–water partition coefficient (Wildman–Crippen LogP) is 5.99. The van der Waals surface area contributed by atoms with Gasteiger partial charge in [-0.1, -0.05) is 40.9 Å². The molecule has 0 bridgehead atoms. The molecule has 0 saturated carbocycles. The van der Waals surface area contributed by atoms with Crippen LogP contribution in [0.2, 0.25) is 15.1 Å². The molecule has 0 aliphatic heterocycles. The van der Waals surface area contributed by atoms with Gasteiger partial charge in [-0.3, -0.25) is 0 Å². The largest absolute Gasteiger partial charge is 0.423 e. The van der Waals surface area contributed by atoms with Crippen LogP contribution in [0.5, 0.6) is 0 Å². The summed E-state index contributed by atoms with van der Waals surface area (Å²) in [4.78, 5) is 0. The predicted molar refractivity (Wildman–Crippen MR) is 99.2 cm³/mol. The maximum absolute atomic E-state index is 13.6. The van der Waals surface area contributed by atoms with Gasteiger partial charge in [-0.15, -0.1) is 0 Å². The molecule has 12 heteroatoms. The Morgan fingerprint density at radius 1 is 0.931 bits per heavy atom. The van der Waals surface area contributed by atoms with Crippen molar-refractivity contribution >= 4 is 40.5 Å². The minimum atomic E-state index is -5.22. The highest BCUT2D eigenvalue weighted by Crippen LogP contribution is 2.43. The molecular formula is C17H13Cl3F6N2O. The van der Waals surface area contributed by atoms with E-state index in [1.807, 2.05) is 0 Å². The van der Waals surface area contributed by atoms with Crippen molar-refractivity contribution in [2.45, 2.75) is 24.5 Å². The molecule has 3 nitrogen and oxygen atoms in total. The second-order valence-electron chi connectivity index (χ2n) is 6.04. The van der Waals surface area contributed by atoms with Crippen molar-refractivity contribution in [2.24, 2.45) is 5.73 Å². The number of alkyl halides is 6. The summed E-state index contributed by atoms with van der Waals surface area (Å²) in [5.41, 5.74) is -0.611. The first-order chi connectivity index (χ1) is 13.2. The molecule has 0 aromatic heterocycles. The Kier molecular flexibility index (Phi) is 6.91. The van der Waals surface area contributed by atoms with Gasteiger partial charge in [0.05, 0.1) is 27.2 Å². The Bertz CT molecular complexity index is 881. The van der Waals surface area contributed by atoms with Crippen molar-refractivity contribution in [1.29, 1.82) is 0 Å². The highest BCUT2D eigenvalue weighted by atomic mass is 35.5. The van der Waals surface area contributed by atoms with Gasteiger partial charge >= 0.3 is 12.4 Å². The molecule has 0 aliphatic rings. The molecule has 160 valence electrons. The van der Waals surface area contributed by atoms with E-state index in [1.165, 1.54) is 0 Å². The number of nitrogens with one attached hydrogen (secondary N) is 1. The highest BCUT2D eigenvalue weighted by molar-refractivity contribution is 6.48. The normalized spacial score (nSPS) is 14.6. The lowest BCUT2D eigenvalue weighted by Gasteiger charge is -2.32. The molecule has 0 fully saturated rings. The summed E-state index contributed by atoms with van der Waals surface area (Å²) in [5, 5.41) is 11.7. The Morgan fingerprint density at radius 2 is 1.48 bits per heavy atom. The Balaban J connectivity index is 2.43. The number of nitrogens with two attached hydrogens (primary N) is 1. The average Bonchev–Trinajstić information content (AvgIpc) is 2.61. The zero-order valence-corrected chi connectivity index (χ0v) is 16.5. The Labute approximate surface area is 176 Å². The molecule has 0 unspecified atom stereocenters. The van der Waals surface area contributed by atoms with Gasteiger partial charge in [0, 0.05) is 12.2 Å². The molecule has 29 heavy (non-hydrogen) atoms. The molecule has 2 aromatic rings. The third-order valence-corrected chi connectivity index (χ3v) is 5.31. The van der Waals surface area contributed by atoms with Crippen molar-refractivity contribution in [3.05, 3.63) is 62.1 Å². The third-order valence-electron chi connectivity index (χ3n) is 4.11. The molecule has 1 atom stereocenters. The molecule has 0 heterocycles. The Morgan fingerprint density at radius 3 is 1.93 bits per heavy atom. The van der Waals surface area contributed by atoms with Gasteiger partial charge in [0.25, 0.3) is 0 Å². The average molecular weight is 482 g/mol. The first kappa shape index (κ1) is 23.9. The summed E-state index contributed by atoms with van der Waals surface area (Å²) in [6, 6.07) is 4.33. The monoisotopic (exact) mass is 480 g/mol. The van der Waals surface area contributed by atoms with Crippen LogP contribution >= 0.6 is 34.8 Å². The lowest BCUT2D eigenvalue weighted by molar-refractivity contribution is -0.260.